The zero-order valence-corrected chi connectivity index (χ0v) is 17.6. The molecule has 0 saturated heterocycles. The summed E-state index contributed by atoms with van der Waals surface area (Å²) >= 11 is 3.48. The fraction of sp³-hybridized carbons (Fsp3) is 0.316. The van der Waals surface area contributed by atoms with Crippen LogP contribution >= 0.6 is 15.9 Å². The summed E-state index contributed by atoms with van der Waals surface area (Å²) in [5, 5.41) is 7.78. The number of nitrogens with one attached hydrogen (secondary N) is 1. The normalized spacial score (nSPS) is 12.4. The zero-order valence-electron chi connectivity index (χ0n) is 15.2. The second-order valence-corrected chi connectivity index (χ2v) is 8.67. The Kier molecular flexibility index (Phi) is 7.41. The molecule has 2 aromatic carbocycles. The number of hydrogen-bond donors (Lipinski definition) is 2. The van der Waals surface area contributed by atoms with Gasteiger partial charge >= 0.3 is 0 Å². The van der Waals surface area contributed by atoms with Gasteiger partial charge in [-0.2, -0.15) is 0 Å². The number of carbonyl (C=O) groups is 1. The summed E-state index contributed by atoms with van der Waals surface area (Å²) in [6, 6.07) is 11.9. The third kappa shape index (κ3) is 6.34. The molecule has 1 unspecified atom stereocenters. The largest absolute Gasteiger partial charge is 0.483 e. The topological polar surface area (TPSA) is 98.5 Å². The van der Waals surface area contributed by atoms with Gasteiger partial charge in [-0.05, 0) is 63.7 Å². The van der Waals surface area contributed by atoms with Crippen LogP contribution < -0.4 is 15.2 Å². The molecule has 2 rings (SSSR count). The number of rotatable bonds is 8. The van der Waals surface area contributed by atoms with Crippen LogP contribution in [0.15, 0.2) is 51.8 Å². The van der Waals surface area contributed by atoms with Crippen molar-refractivity contribution in [3.05, 3.63) is 58.1 Å². The first kappa shape index (κ1) is 21.4. The standard InChI is InChI=1S/C19H23BrN2O4S/c1-3-13(2)15-6-9-18(17(20)10-15)26-12-19(23)22-11-14-4-7-16(8-5-14)27(21,24)25/h4-10,13H,3,11-12H2,1-2H3,(H,22,23)(H2,21,24,25). The van der Waals surface area contributed by atoms with Crippen molar-refractivity contribution in [3.8, 4) is 5.75 Å². The van der Waals surface area contributed by atoms with E-state index in [-0.39, 0.29) is 24.0 Å². The van der Waals surface area contributed by atoms with Crippen LogP contribution in [0, 0.1) is 0 Å². The van der Waals surface area contributed by atoms with Crippen LogP contribution in [0.2, 0.25) is 0 Å². The summed E-state index contributed by atoms with van der Waals surface area (Å²) in [7, 11) is -3.72. The molecule has 0 heterocycles. The van der Waals surface area contributed by atoms with Gasteiger partial charge in [0.25, 0.3) is 5.91 Å². The number of carbonyl (C=O) groups excluding carboxylic acids is 1. The van der Waals surface area contributed by atoms with Crippen molar-refractivity contribution in [1.82, 2.24) is 5.32 Å². The lowest BCUT2D eigenvalue weighted by atomic mass is 9.99. The average molecular weight is 455 g/mol. The fourth-order valence-electron chi connectivity index (χ4n) is 2.37. The van der Waals surface area contributed by atoms with E-state index in [0.717, 1.165) is 16.5 Å². The molecule has 0 aromatic heterocycles. The maximum Gasteiger partial charge on any atom is 0.258 e. The van der Waals surface area contributed by atoms with Crippen molar-refractivity contribution >= 4 is 31.9 Å². The fourth-order valence-corrected chi connectivity index (χ4v) is 3.39. The van der Waals surface area contributed by atoms with E-state index in [2.05, 4.69) is 35.1 Å². The second-order valence-electron chi connectivity index (χ2n) is 6.25. The minimum Gasteiger partial charge on any atom is -0.483 e. The van der Waals surface area contributed by atoms with Crippen LogP contribution in [-0.2, 0) is 21.4 Å². The van der Waals surface area contributed by atoms with Crippen molar-refractivity contribution in [2.24, 2.45) is 5.14 Å². The van der Waals surface area contributed by atoms with Crippen molar-refractivity contribution in [2.75, 3.05) is 6.61 Å². The van der Waals surface area contributed by atoms with Gasteiger partial charge in [-0.15, -0.1) is 0 Å². The molecule has 8 heteroatoms. The van der Waals surface area contributed by atoms with Crippen molar-refractivity contribution < 1.29 is 17.9 Å². The molecule has 1 amide bonds. The van der Waals surface area contributed by atoms with E-state index < -0.39 is 10.0 Å². The lowest BCUT2D eigenvalue weighted by molar-refractivity contribution is -0.123. The molecule has 0 radical (unpaired) electrons. The highest BCUT2D eigenvalue weighted by Crippen LogP contribution is 2.30. The van der Waals surface area contributed by atoms with Gasteiger partial charge in [-0.25, -0.2) is 13.6 Å². The Hall–Kier alpha value is -1.90. The van der Waals surface area contributed by atoms with Gasteiger partial charge in [-0.3, -0.25) is 4.79 Å². The molecule has 0 aliphatic heterocycles. The number of hydrogen-bond acceptors (Lipinski definition) is 4. The molecule has 1 atom stereocenters. The molecule has 0 saturated carbocycles. The number of amides is 1. The van der Waals surface area contributed by atoms with E-state index in [1.807, 2.05) is 18.2 Å². The highest BCUT2D eigenvalue weighted by atomic mass is 79.9. The predicted molar refractivity (Wildman–Crippen MR) is 108 cm³/mol. The summed E-state index contributed by atoms with van der Waals surface area (Å²) in [4.78, 5) is 12.0. The van der Waals surface area contributed by atoms with Gasteiger partial charge in [0.05, 0.1) is 9.37 Å². The number of primary sulfonamides is 1. The Morgan fingerprint density at radius 2 is 1.89 bits per heavy atom. The molecule has 3 N–H and O–H groups in total. The van der Waals surface area contributed by atoms with E-state index in [4.69, 9.17) is 9.88 Å². The molecule has 27 heavy (non-hydrogen) atoms. The third-order valence-corrected chi connectivity index (χ3v) is 5.79. The maximum atomic E-state index is 12.0. The molecule has 2 aromatic rings. The van der Waals surface area contributed by atoms with Gasteiger partial charge < -0.3 is 10.1 Å². The molecule has 0 aliphatic carbocycles. The first-order valence-electron chi connectivity index (χ1n) is 8.51. The molecule has 0 bridgehead atoms. The highest BCUT2D eigenvalue weighted by Gasteiger charge is 2.10. The summed E-state index contributed by atoms with van der Waals surface area (Å²) in [6.45, 7) is 4.44. The Bertz CT molecular complexity index is 898. The molecule has 0 fully saturated rings. The zero-order chi connectivity index (χ0) is 20.0. The Labute approximate surface area is 168 Å². The van der Waals surface area contributed by atoms with E-state index in [1.54, 1.807) is 12.1 Å². The lowest BCUT2D eigenvalue weighted by Gasteiger charge is -2.13. The SMILES string of the molecule is CCC(C)c1ccc(OCC(=O)NCc2ccc(S(N)(=O)=O)cc2)c(Br)c1. The summed E-state index contributed by atoms with van der Waals surface area (Å²) in [6.07, 6.45) is 1.05. The quantitative estimate of drug-likeness (QED) is 0.638. The minimum absolute atomic E-state index is 0.0339. The highest BCUT2D eigenvalue weighted by molar-refractivity contribution is 9.10. The number of ether oxygens (including phenoxy) is 1. The van der Waals surface area contributed by atoms with Crippen LogP contribution in [0.3, 0.4) is 0 Å². The number of benzene rings is 2. The Morgan fingerprint density at radius 1 is 1.22 bits per heavy atom. The predicted octanol–water partition coefficient (Wildman–Crippen LogP) is 3.31. The molecule has 6 nitrogen and oxygen atoms in total. The first-order chi connectivity index (χ1) is 12.7. The van der Waals surface area contributed by atoms with Gasteiger partial charge in [0.15, 0.2) is 6.61 Å². The van der Waals surface area contributed by atoms with E-state index >= 15 is 0 Å². The van der Waals surface area contributed by atoms with Crippen LogP contribution in [0.4, 0.5) is 0 Å². The lowest BCUT2D eigenvalue weighted by Crippen LogP contribution is -2.28. The van der Waals surface area contributed by atoms with Gasteiger partial charge in [0, 0.05) is 6.54 Å². The van der Waals surface area contributed by atoms with Crippen molar-refractivity contribution in [2.45, 2.75) is 37.6 Å². The Morgan fingerprint density at radius 3 is 2.44 bits per heavy atom. The van der Waals surface area contributed by atoms with E-state index in [0.29, 0.717) is 11.7 Å². The summed E-state index contributed by atoms with van der Waals surface area (Å²) < 4.78 is 28.8. The van der Waals surface area contributed by atoms with Crippen LogP contribution in [0.1, 0.15) is 37.3 Å². The first-order valence-corrected chi connectivity index (χ1v) is 10.8. The van der Waals surface area contributed by atoms with Crippen molar-refractivity contribution in [1.29, 1.82) is 0 Å². The molecule has 0 spiro atoms. The van der Waals surface area contributed by atoms with Gasteiger partial charge in [0.1, 0.15) is 5.75 Å². The molecule has 146 valence electrons. The second kappa shape index (κ2) is 9.34. The molecule has 0 aliphatic rings. The number of halogens is 1. The van der Waals surface area contributed by atoms with Crippen molar-refractivity contribution in [3.63, 3.8) is 0 Å². The third-order valence-electron chi connectivity index (χ3n) is 4.24. The number of sulfonamides is 1. The minimum atomic E-state index is -3.72. The summed E-state index contributed by atoms with van der Waals surface area (Å²) in [5.41, 5.74) is 1.97. The smallest absolute Gasteiger partial charge is 0.258 e. The Balaban J connectivity index is 1.86. The van der Waals surface area contributed by atoms with Gasteiger partial charge in [-0.1, -0.05) is 32.0 Å². The maximum absolute atomic E-state index is 12.0. The number of nitrogens with two attached hydrogens (primary N) is 1. The monoisotopic (exact) mass is 454 g/mol. The van der Waals surface area contributed by atoms with E-state index in [1.165, 1.54) is 17.7 Å². The average Bonchev–Trinajstić information content (AvgIpc) is 2.64. The summed E-state index contributed by atoms with van der Waals surface area (Å²) in [5.74, 6) is 0.789. The van der Waals surface area contributed by atoms with Crippen LogP contribution in [-0.4, -0.2) is 20.9 Å². The van der Waals surface area contributed by atoms with E-state index in [9.17, 15) is 13.2 Å². The van der Waals surface area contributed by atoms with Crippen LogP contribution in [0.5, 0.6) is 5.75 Å². The molecular formula is C19H23BrN2O4S. The van der Waals surface area contributed by atoms with Gasteiger partial charge in [0.2, 0.25) is 10.0 Å². The molecular weight excluding hydrogens is 432 g/mol. The van der Waals surface area contributed by atoms with Crippen LogP contribution in [0.25, 0.3) is 0 Å².